The predicted octanol–water partition coefficient (Wildman–Crippen LogP) is -3.02. The summed E-state index contributed by atoms with van der Waals surface area (Å²) in [6.45, 7) is 0. The molecule has 1 atom stereocenters. The summed E-state index contributed by atoms with van der Waals surface area (Å²) in [5, 5.41) is 24.1. The average molecular weight is 108 g/mol. The van der Waals surface area contributed by atoms with Crippen LogP contribution in [0, 0.1) is 0 Å². The van der Waals surface area contributed by atoms with E-state index in [-0.39, 0.29) is 0 Å². The topological polar surface area (TPSA) is 60.7 Å². The first kappa shape index (κ1) is 6.10. The fourth-order valence-corrected chi connectivity index (χ4v) is 0. The molecule has 0 aliphatic rings. The number of hydrogen-bond donors (Lipinski definition) is 3. The fraction of sp³-hybridized carbons (Fsp3) is 1.00. The molecule has 0 aliphatic carbocycles. The molecule has 0 saturated carbocycles. The third-order valence-corrected chi connectivity index (χ3v) is 1.03. The quantitative estimate of drug-likeness (QED) is 0.247. The van der Waals surface area contributed by atoms with Gasteiger partial charge in [-0.3, -0.25) is 0 Å². The van der Waals surface area contributed by atoms with Gasteiger partial charge in [0.15, 0.2) is 6.29 Å². The Hall–Kier alpha value is 0.0969. The van der Waals surface area contributed by atoms with E-state index in [2.05, 4.69) is 0 Å². The first-order valence-electron chi connectivity index (χ1n) is 1.69. The molecule has 6 heavy (non-hydrogen) atoms. The molecule has 0 aromatic rings. The van der Waals surface area contributed by atoms with E-state index >= 15 is 0 Å². The molecule has 0 bridgehead atoms. The molecule has 0 aromatic heterocycles. The first-order valence-corrected chi connectivity index (χ1v) is 2.84. The summed E-state index contributed by atoms with van der Waals surface area (Å²) in [7, 11) is 0.409. The Morgan fingerprint density at radius 1 is 1.17 bits per heavy atom. The van der Waals surface area contributed by atoms with Crippen LogP contribution in [-0.2, 0) is 0 Å². The van der Waals surface area contributed by atoms with Crippen molar-refractivity contribution in [2.24, 2.45) is 0 Å². The molecular formula is C2H8O3Si. The lowest BCUT2D eigenvalue weighted by molar-refractivity contribution is -0.0916. The van der Waals surface area contributed by atoms with Crippen molar-refractivity contribution in [2.45, 2.75) is 12.0 Å². The summed E-state index contributed by atoms with van der Waals surface area (Å²) in [6.07, 6.45) is -1.53. The normalized spacial score (nSPS) is 16.0. The van der Waals surface area contributed by atoms with E-state index in [1.807, 2.05) is 0 Å². The van der Waals surface area contributed by atoms with E-state index in [9.17, 15) is 0 Å². The zero-order chi connectivity index (χ0) is 5.15. The molecular weight excluding hydrogens is 100 g/mol. The van der Waals surface area contributed by atoms with Crippen LogP contribution in [-0.4, -0.2) is 37.6 Å². The van der Waals surface area contributed by atoms with Gasteiger partial charge in [0.25, 0.3) is 0 Å². The summed E-state index contributed by atoms with van der Waals surface area (Å²) in [5.41, 5.74) is -0.898. The minimum Gasteiger partial charge on any atom is -0.392 e. The van der Waals surface area contributed by atoms with Gasteiger partial charge in [0.1, 0.15) is 0 Å². The van der Waals surface area contributed by atoms with Gasteiger partial charge in [-0.05, 0) is 0 Å². The summed E-state index contributed by atoms with van der Waals surface area (Å²) in [6, 6.07) is 0. The smallest absolute Gasteiger partial charge is 0.173 e. The van der Waals surface area contributed by atoms with Crippen LogP contribution >= 0.6 is 0 Å². The number of rotatable bonds is 1. The van der Waals surface area contributed by atoms with Crippen molar-refractivity contribution < 1.29 is 15.3 Å². The molecule has 4 heteroatoms. The van der Waals surface area contributed by atoms with Gasteiger partial charge < -0.3 is 15.3 Å². The maximum atomic E-state index is 8.19. The molecule has 3 nitrogen and oxygen atoms in total. The van der Waals surface area contributed by atoms with Crippen molar-refractivity contribution in [3.05, 3.63) is 0 Å². The lowest BCUT2D eigenvalue weighted by Crippen LogP contribution is -2.24. The van der Waals surface area contributed by atoms with Gasteiger partial charge in [0.2, 0.25) is 0 Å². The Labute approximate surface area is 38.7 Å². The van der Waals surface area contributed by atoms with Crippen LogP contribution in [0.2, 0.25) is 0 Å². The van der Waals surface area contributed by atoms with Crippen molar-refractivity contribution in [3.63, 3.8) is 0 Å². The highest BCUT2D eigenvalue weighted by molar-refractivity contribution is 6.11. The predicted molar refractivity (Wildman–Crippen MR) is 24.2 cm³/mol. The third-order valence-electron chi connectivity index (χ3n) is 0.431. The monoisotopic (exact) mass is 108 g/mol. The van der Waals surface area contributed by atoms with Crippen molar-refractivity contribution in [3.8, 4) is 0 Å². The van der Waals surface area contributed by atoms with Crippen LogP contribution in [0.5, 0.6) is 0 Å². The van der Waals surface area contributed by atoms with Gasteiger partial charge in [0.05, 0.1) is 5.73 Å². The second-order valence-corrected chi connectivity index (χ2v) is 2.34. The Bertz CT molecular complexity index is 29.8. The molecule has 0 radical (unpaired) electrons. The number of aliphatic hydroxyl groups excluding tert-OH is 2. The SMILES string of the molecule is OC(O)C(O)[SiH3]. The molecule has 0 amide bonds. The Morgan fingerprint density at radius 2 is 1.33 bits per heavy atom. The van der Waals surface area contributed by atoms with Crippen molar-refractivity contribution in [2.75, 3.05) is 0 Å². The summed E-state index contributed by atoms with van der Waals surface area (Å²) < 4.78 is 0. The largest absolute Gasteiger partial charge is 0.392 e. The fourth-order valence-electron chi connectivity index (χ4n) is 0. The highest BCUT2D eigenvalue weighted by Gasteiger charge is 2.01. The second-order valence-electron chi connectivity index (χ2n) is 1.15. The second kappa shape index (κ2) is 2.30. The van der Waals surface area contributed by atoms with E-state index in [1.165, 1.54) is 0 Å². The first-order chi connectivity index (χ1) is 2.64. The lowest BCUT2D eigenvalue weighted by Gasteiger charge is -2.02. The third kappa shape index (κ3) is 2.34. The lowest BCUT2D eigenvalue weighted by atomic mass is 10.7. The highest BCUT2D eigenvalue weighted by Crippen LogP contribution is 1.76. The molecule has 0 aliphatic heterocycles. The van der Waals surface area contributed by atoms with Gasteiger partial charge in [-0.2, -0.15) is 0 Å². The summed E-state index contributed by atoms with van der Waals surface area (Å²) in [5.74, 6) is 0. The Morgan fingerprint density at radius 3 is 1.33 bits per heavy atom. The van der Waals surface area contributed by atoms with Crippen LogP contribution in [0.4, 0.5) is 0 Å². The molecule has 38 valence electrons. The minimum atomic E-state index is -1.53. The molecule has 3 N–H and O–H groups in total. The van der Waals surface area contributed by atoms with Gasteiger partial charge in [0, 0.05) is 10.2 Å². The molecule has 1 unspecified atom stereocenters. The highest BCUT2D eigenvalue weighted by atomic mass is 28.1. The maximum absolute atomic E-state index is 8.19. The Balaban J connectivity index is 2.99. The van der Waals surface area contributed by atoms with Crippen molar-refractivity contribution >= 4 is 10.2 Å². The van der Waals surface area contributed by atoms with E-state index in [4.69, 9.17) is 15.3 Å². The molecule has 0 fully saturated rings. The molecule has 0 heterocycles. The molecule has 0 rings (SSSR count). The van der Waals surface area contributed by atoms with Gasteiger partial charge in [-0.15, -0.1) is 0 Å². The van der Waals surface area contributed by atoms with Gasteiger partial charge >= 0.3 is 0 Å². The molecule has 0 saturated heterocycles. The number of hydrogen-bond acceptors (Lipinski definition) is 3. The van der Waals surface area contributed by atoms with Crippen LogP contribution in [0.1, 0.15) is 0 Å². The zero-order valence-electron chi connectivity index (χ0n) is 3.50. The van der Waals surface area contributed by atoms with Crippen LogP contribution in [0.25, 0.3) is 0 Å². The van der Waals surface area contributed by atoms with Crippen molar-refractivity contribution in [1.82, 2.24) is 0 Å². The summed E-state index contributed by atoms with van der Waals surface area (Å²) in [4.78, 5) is 0. The maximum Gasteiger partial charge on any atom is 0.173 e. The van der Waals surface area contributed by atoms with Crippen LogP contribution in [0.3, 0.4) is 0 Å². The van der Waals surface area contributed by atoms with Crippen LogP contribution in [0.15, 0.2) is 0 Å². The van der Waals surface area contributed by atoms with Crippen LogP contribution < -0.4 is 0 Å². The zero-order valence-corrected chi connectivity index (χ0v) is 5.50. The Kier molecular flexibility index (Phi) is 2.34. The van der Waals surface area contributed by atoms with Crippen molar-refractivity contribution in [1.29, 1.82) is 0 Å². The van der Waals surface area contributed by atoms with Gasteiger partial charge in [-0.1, -0.05) is 0 Å². The summed E-state index contributed by atoms with van der Waals surface area (Å²) >= 11 is 0. The minimum absolute atomic E-state index is 0.409. The van der Waals surface area contributed by atoms with Gasteiger partial charge in [-0.25, -0.2) is 0 Å². The molecule has 0 spiro atoms. The van der Waals surface area contributed by atoms with E-state index in [0.717, 1.165) is 0 Å². The van der Waals surface area contributed by atoms with E-state index < -0.39 is 12.0 Å². The molecule has 0 aromatic carbocycles. The average Bonchev–Trinajstić information content (AvgIpc) is 1.36. The van der Waals surface area contributed by atoms with E-state index in [1.54, 1.807) is 0 Å². The standard InChI is InChI=1S/C2H8O3Si/c3-1(4)2(5)6/h1-5H,6H3. The number of aliphatic hydroxyl groups is 3. The van der Waals surface area contributed by atoms with E-state index in [0.29, 0.717) is 10.2 Å².